The number of aromatic carboxylic acids is 1. The lowest BCUT2D eigenvalue weighted by Gasteiger charge is -2.37. The molecule has 3 heterocycles. The van der Waals surface area contributed by atoms with E-state index in [1.165, 1.54) is 18.3 Å². The third-order valence-electron chi connectivity index (χ3n) is 9.38. The normalized spacial score (nSPS) is 22.2. The first kappa shape index (κ1) is 45.0. The lowest BCUT2D eigenvalue weighted by molar-refractivity contribution is 0.0694. The number of nitrogens with two attached hydrogens (primary N) is 1. The van der Waals surface area contributed by atoms with Crippen LogP contribution in [0.3, 0.4) is 0 Å². The van der Waals surface area contributed by atoms with Crippen molar-refractivity contribution in [1.82, 2.24) is 15.0 Å². The molecule has 2 fully saturated rings. The summed E-state index contributed by atoms with van der Waals surface area (Å²) in [6.07, 6.45) is 1.33. The molecule has 1 aliphatic heterocycles. The fraction of sp³-hybridized carbons (Fsp3) is 0.342. The van der Waals surface area contributed by atoms with Crippen LogP contribution in [-0.2, 0) is 16.6 Å². The van der Waals surface area contributed by atoms with Crippen LogP contribution in [0.15, 0.2) is 87.1 Å². The molecule has 4 N–H and O–H groups in total. The van der Waals surface area contributed by atoms with Crippen molar-refractivity contribution in [3.63, 3.8) is 0 Å². The summed E-state index contributed by atoms with van der Waals surface area (Å²) in [5.74, 6) is -1.13. The molecule has 0 atom stereocenters. The Morgan fingerprint density at radius 1 is 0.912 bits per heavy atom. The van der Waals surface area contributed by atoms with E-state index in [4.69, 9.17) is 84.4 Å². The molecule has 5 aromatic rings. The van der Waals surface area contributed by atoms with Gasteiger partial charge in [-0.1, -0.05) is 47.6 Å². The smallest absolute Gasteiger partial charge is 0.341 e. The second-order valence-electron chi connectivity index (χ2n) is 13.1. The molecule has 11 nitrogen and oxygen atoms in total. The van der Waals surface area contributed by atoms with Gasteiger partial charge < -0.3 is 24.4 Å². The number of anilines is 1. The maximum Gasteiger partial charge on any atom is 0.341 e. The average molecular weight is 925 g/mol. The van der Waals surface area contributed by atoms with Gasteiger partial charge in [-0.3, -0.25) is 4.79 Å². The third kappa shape index (κ3) is 10.2. The van der Waals surface area contributed by atoms with E-state index >= 15 is 0 Å². The average Bonchev–Trinajstić information content (AvgIpc) is 3.60. The second-order valence-corrected chi connectivity index (χ2v) is 17.7. The molecule has 2 aromatic heterocycles. The highest BCUT2D eigenvalue weighted by Gasteiger charge is 2.47. The number of halogens is 7. The molecule has 306 valence electrons. The van der Waals surface area contributed by atoms with E-state index in [0.29, 0.717) is 36.6 Å². The van der Waals surface area contributed by atoms with Crippen LogP contribution in [0, 0.1) is 12.7 Å². The van der Waals surface area contributed by atoms with Crippen molar-refractivity contribution >= 4 is 102 Å². The van der Waals surface area contributed by atoms with Gasteiger partial charge in [0, 0.05) is 49.9 Å². The minimum absolute atomic E-state index is 0.0756. The summed E-state index contributed by atoms with van der Waals surface area (Å²) < 4.78 is 44.1. The van der Waals surface area contributed by atoms with Crippen LogP contribution < -0.4 is 20.8 Å². The SMILES string of the molecule is CCn1cc(C(=O)O)c(=O)c2cc(F)c(N3CCNCC3)cc21.Cc1onc(-c2ccccc2)c1-c1ccc(S(N)(=O)=O)cc1.Cl[C@H]1[C@H](Cl)[C@@H](Cl)[C@@H](Cl)[C@H](Cl)[C@H]1Cl. The number of hydrogen-bond donors (Lipinski definition) is 3. The van der Waals surface area contributed by atoms with Crippen LogP contribution in [0.2, 0.25) is 0 Å². The summed E-state index contributed by atoms with van der Waals surface area (Å²) in [4.78, 5) is 25.5. The second kappa shape index (κ2) is 19.3. The minimum Gasteiger partial charge on any atom is -0.477 e. The van der Waals surface area contributed by atoms with Crippen molar-refractivity contribution in [3.05, 3.63) is 100 Å². The maximum absolute atomic E-state index is 14.5. The predicted octanol–water partition coefficient (Wildman–Crippen LogP) is 7.88. The zero-order chi connectivity index (χ0) is 41.8. The molecule has 0 unspecified atom stereocenters. The number of benzene rings is 3. The number of fused-ring (bicyclic) bond motifs is 1. The number of pyridine rings is 1. The van der Waals surface area contributed by atoms with Gasteiger partial charge in [-0.05, 0) is 43.7 Å². The molecule has 1 saturated heterocycles. The van der Waals surface area contributed by atoms with E-state index in [1.807, 2.05) is 49.1 Å². The number of rotatable bonds is 6. The number of alkyl halides is 6. The number of hydrogen-bond acceptors (Lipinski definition) is 8. The molecular formula is C38H38Cl6FN5O6S. The molecule has 0 spiro atoms. The van der Waals surface area contributed by atoms with Crippen molar-refractivity contribution < 1.29 is 27.2 Å². The standard InChI is InChI=1S/C16H18FN3O3.C16H14N2O3S.C6H6Cl6/c1-2-19-9-11(16(22)23)15(21)10-7-12(17)14(8-13(10)19)20-5-3-18-4-6-20;1-11-15(12-7-9-14(10-8-12)22(17,19)20)16(18-21-11)13-5-3-2-4-6-13;7-1-2(8)4(10)6(12)5(11)3(1)9/h7-9,18H,2-6H2,1H3,(H,22,23);2-10H,1H3,(H2,17,19,20);1-6H/t;;1-,2-,3-,4+,5+,6+. The molecular weight excluding hydrogens is 886 g/mol. The fourth-order valence-electron chi connectivity index (χ4n) is 6.33. The van der Waals surface area contributed by atoms with Gasteiger partial charge in [0.05, 0.1) is 53.9 Å². The zero-order valence-electron chi connectivity index (χ0n) is 30.4. The van der Waals surface area contributed by atoms with Crippen LogP contribution in [0.5, 0.6) is 0 Å². The van der Waals surface area contributed by atoms with Gasteiger partial charge in [-0.2, -0.15) is 0 Å². The quantitative estimate of drug-likeness (QED) is 0.144. The lowest BCUT2D eigenvalue weighted by Crippen LogP contribution is -2.52. The van der Waals surface area contributed by atoms with Crippen LogP contribution in [0.25, 0.3) is 33.3 Å². The monoisotopic (exact) mass is 921 g/mol. The Bertz CT molecular complexity index is 2310. The van der Waals surface area contributed by atoms with E-state index in [1.54, 1.807) is 22.8 Å². The van der Waals surface area contributed by atoms with Gasteiger partial charge in [0.15, 0.2) is 0 Å². The van der Waals surface area contributed by atoms with Gasteiger partial charge in [-0.15, -0.1) is 69.6 Å². The number of nitrogens with zero attached hydrogens (tertiary/aromatic N) is 3. The Balaban J connectivity index is 0.000000172. The summed E-state index contributed by atoms with van der Waals surface area (Å²) in [7, 11) is -3.70. The zero-order valence-corrected chi connectivity index (χ0v) is 35.7. The van der Waals surface area contributed by atoms with Gasteiger partial charge >= 0.3 is 5.97 Å². The molecule has 3 aromatic carbocycles. The van der Waals surface area contributed by atoms with Gasteiger partial charge in [0.2, 0.25) is 15.5 Å². The maximum atomic E-state index is 14.5. The molecule has 57 heavy (non-hydrogen) atoms. The number of piperazine rings is 1. The number of sulfonamides is 1. The molecule has 7 rings (SSSR count). The van der Waals surface area contributed by atoms with E-state index in [0.717, 1.165) is 41.5 Å². The van der Waals surface area contributed by atoms with E-state index < -0.39 is 59.5 Å². The number of aryl methyl sites for hydroxylation is 2. The number of nitrogens with one attached hydrogen (secondary N) is 1. The lowest BCUT2D eigenvalue weighted by atomic mass is 9.97. The molecule has 0 radical (unpaired) electrons. The molecule has 19 heteroatoms. The van der Waals surface area contributed by atoms with E-state index in [2.05, 4.69) is 10.5 Å². The molecule has 0 bridgehead atoms. The third-order valence-corrected chi connectivity index (χ3v) is 14.3. The summed E-state index contributed by atoms with van der Waals surface area (Å²) >= 11 is 35.3. The van der Waals surface area contributed by atoms with Crippen molar-refractivity contribution in [3.8, 4) is 22.4 Å². The van der Waals surface area contributed by atoms with Crippen LogP contribution >= 0.6 is 69.6 Å². The Morgan fingerprint density at radius 3 is 1.95 bits per heavy atom. The highest BCUT2D eigenvalue weighted by atomic mass is 35.5. The van der Waals surface area contributed by atoms with Gasteiger partial charge in [-0.25, -0.2) is 22.7 Å². The minimum atomic E-state index is -3.70. The van der Waals surface area contributed by atoms with Crippen molar-refractivity contribution in [1.29, 1.82) is 0 Å². The van der Waals surface area contributed by atoms with E-state index in [9.17, 15) is 22.4 Å². The fourth-order valence-corrected chi connectivity index (χ4v) is 9.17. The Kier molecular flexibility index (Phi) is 15.2. The molecule has 0 amide bonds. The number of carboxylic acids is 1. The molecule has 2 aliphatic rings. The Morgan fingerprint density at radius 2 is 1.46 bits per heavy atom. The first-order chi connectivity index (χ1) is 27.0. The van der Waals surface area contributed by atoms with Crippen molar-refractivity contribution in [2.24, 2.45) is 5.14 Å². The highest BCUT2D eigenvalue weighted by molar-refractivity contribution is 7.89. The number of carboxylic acid groups (broad SMARTS) is 1. The number of aromatic nitrogens is 2. The van der Waals surface area contributed by atoms with Crippen molar-refractivity contribution in [2.75, 3.05) is 31.1 Å². The summed E-state index contributed by atoms with van der Waals surface area (Å²) in [6.45, 7) is 7.08. The molecule has 1 saturated carbocycles. The predicted molar refractivity (Wildman–Crippen MR) is 227 cm³/mol. The Hall–Kier alpha value is -3.11. The summed E-state index contributed by atoms with van der Waals surface area (Å²) in [5, 5.41) is 19.1. The van der Waals surface area contributed by atoms with Crippen LogP contribution in [0.1, 0.15) is 23.0 Å². The summed E-state index contributed by atoms with van der Waals surface area (Å²) in [5.41, 5.74) is 3.33. The largest absolute Gasteiger partial charge is 0.477 e. The number of carbonyl (C=O) groups is 1. The summed E-state index contributed by atoms with van der Waals surface area (Å²) in [6, 6.07) is 18.8. The van der Waals surface area contributed by atoms with Gasteiger partial charge in [0.25, 0.3) is 0 Å². The van der Waals surface area contributed by atoms with E-state index in [-0.39, 0.29) is 15.8 Å². The Labute approximate surface area is 358 Å². The highest BCUT2D eigenvalue weighted by Crippen LogP contribution is 2.40. The first-order valence-corrected chi connectivity index (χ1v) is 21.7. The van der Waals surface area contributed by atoms with Crippen LogP contribution in [0.4, 0.5) is 10.1 Å². The van der Waals surface area contributed by atoms with Gasteiger partial charge in [0.1, 0.15) is 22.8 Å². The number of primary sulfonamides is 1. The van der Waals surface area contributed by atoms with Crippen molar-refractivity contribution in [2.45, 2.75) is 57.6 Å². The van der Waals surface area contributed by atoms with Crippen LogP contribution in [-0.4, -0.2) is 87.7 Å². The first-order valence-electron chi connectivity index (χ1n) is 17.5. The molecule has 1 aliphatic carbocycles. The topological polar surface area (TPSA) is 161 Å².